The molecule has 0 atom stereocenters. The quantitative estimate of drug-likeness (QED) is 0.869. The molecule has 7 nitrogen and oxygen atoms in total. The highest BCUT2D eigenvalue weighted by Crippen LogP contribution is 2.09. The third-order valence-corrected chi connectivity index (χ3v) is 4.24. The first kappa shape index (κ1) is 16.0. The third-order valence-electron chi connectivity index (χ3n) is 2.89. The molecule has 1 aromatic carbocycles. The number of carbonyl (C=O) groups is 1. The van der Waals surface area contributed by atoms with E-state index in [9.17, 15) is 13.2 Å². The van der Waals surface area contributed by atoms with E-state index in [-0.39, 0.29) is 11.4 Å². The summed E-state index contributed by atoms with van der Waals surface area (Å²) in [5.74, 6) is 0.543. The molecule has 2 aromatic rings. The number of carbonyl (C=O) groups excluding carboxylic acids is 1. The Morgan fingerprint density at radius 2 is 1.91 bits per heavy atom. The van der Waals surface area contributed by atoms with Gasteiger partial charge in [0.25, 0.3) is 10.0 Å². The summed E-state index contributed by atoms with van der Waals surface area (Å²) in [5.41, 5.74) is 1.63. The standard InChI is InChI=1S/C14H17N3O4S/c1-10-3-5-13(6-4-10)22(19,20)17-14(18)15-8-7-12-9-21-11(2)16-12/h3-6,9H,7-8H2,1-2H3,(H2,15,17,18). The predicted octanol–water partition coefficient (Wildman–Crippen LogP) is 1.52. The van der Waals surface area contributed by atoms with Crippen LogP contribution in [0.3, 0.4) is 0 Å². The zero-order valence-corrected chi connectivity index (χ0v) is 13.1. The Hall–Kier alpha value is -2.35. The second-order valence-electron chi connectivity index (χ2n) is 4.78. The first-order valence-corrected chi connectivity index (χ1v) is 8.13. The maximum Gasteiger partial charge on any atom is 0.328 e. The van der Waals surface area contributed by atoms with Crippen LogP contribution in [0.25, 0.3) is 0 Å². The lowest BCUT2D eigenvalue weighted by Gasteiger charge is -2.08. The van der Waals surface area contributed by atoms with Crippen molar-refractivity contribution in [2.75, 3.05) is 6.54 Å². The van der Waals surface area contributed by atoms with Crippen LogP contribution in [0.2, 0.25) is 0 Å². The highest BCUT2D eigenvalue weighted by atomic mass is 32.2. The molecule has 22 heavy (non-hydrogen) atoms. The molecule has 0 aliphatic carbocycles. The number of nitrogens with one attached hydrogen (secondary N) is 2. The van der Waals surface area contributed by atoms with Crippen LogP contribution in [0.15, 0.2) is 39.8 Å². The number of rotatable bonds is 5. The number of hydrogen-bond acceptors (Lipinski definition) is 5. The average Bonchev–Trinajstić information content (AvgIpc) is 2.84. The molecule has 2 N–H and O–H groups in total. The van der Waals surface area contributed by atoms with E-state index in [0.29, 0.717) is 18.0 Å². The van der Waals surface area contributed by atoms with Crippen LogP contribution in [0.4, 0.5) is 4.79 Å². The molecule has 0 radical (unpaired) electrons. The molecule has 0 fully saturated rings. The van der Waals surface area contributed by atoms with Gasteiger partial charge >= 0.3 is 6.03 Å². The second kappa shape index (κ2) is 6.61. The van der Waals surface area contributed by atoms with Gasteiger partial charge < -0.3 is 9.73 Å². The van der Waals surface area contributed by atoms with Crippen molar-refractivity contribution in [3.8, 4) is 0 Å². The summed E-state index contributed by atoms with van der Waals surface area (Å²) in [5, 5.41) is 2.47. The lowest BCUT2D eigenvalue weighted by atomic mass is 10.2. The van der Waals surface area contributed by atoms with E-state index < -0.39 is 16.1 Å². The molecule has 1 aromatic heterocycles. The van der Waals surface area contributed by atoms with Crippen LogP contribution in [0.5, 0.6) is 0 Å². The fourth-order valence-electron chi connectivity index (χ4n) is 1.76. The highest BCUT2D eigenvalue weighted by Gasteiger charge is 2.16. The van der Waals surface area contributed by atoms with Gasteiger partial charge in [0.2, 0.25) is 0 Å². The first-order valence-electron chi connectivity index (χ1n) is 6.65. The lowest BCUT2D eigenvalue weighted by molar-refractivity contribution is 0.246. The Labute approximate surface area is 128 Å². The maximum atomic E-state index is 12.0. The monoisotopic (exact) mass is 323 g/mol. The molecule has 8 heteroatoms. The topological polar surface area (TPSA) is 101 Å². The van der Waals surface area contributed by atoms with Crippen molar-refractivity contribution in [1.29, 1.82) is 0 Å². The van der Waals surface area contributed by atoms with Crippen molar-refractivity contribution >= 4 is 16.1 Å². The van der Waals surface area contributed by atoms with Crippen LogP contribution < -0.4 is 10.0 Å². The van der Waals surface area contributed by atoms with E-state index in [1.165, 1.54) is 18.4 Å². The molecule has 0 spiro atoms. The Morgan fingerprint density at radius 3 is 2.50 bits per heavy atom. The van der Waals surface area contributed by atoms with Gasteiger partial charge in [0.1, 0.15) is 6.26 Å². The molecule has 2 amide bonds. The molecule has 1 heterocycles. The SMILES string of the molecule is Cc1ccc(S(=O)(=O)NC(=O)NCCc2coc(C)n2)cc1. The smallest absolute Gasteiger partial charge is 0.328 e. The summed E-state index contributed by atoms with van der Waals surface area (Å²) in [6.07, 6.45) is 1.95. The summed E-state index contributed by atoms with van der Waals surface area (Å²) >= 11 is 0. The second-order valence-corrected chi connectivity index (χ2v) is 6.46. The van der Waals surface area contributed by atoms with Gasteiger partial charge in [-0.25, -0.2) is 22.9 Å². The maximum absolute atomic E-state index is 12.0. The fourth-order valence-corrected chi connectivity index (χ4v) is 2.69. The van der Waals surface area contributed by atoms with Gasteiger partial charge in [-0.15, -0.1) is 0 Å². The summed E-state index contributed by atoms with van der Waals surface area (Å²) in [6.45, 7) is 3.82. The van der Waals surface area contributed by atoms with Crippen molar-refractivity contribution in [1.82, 2.24) is 15.0 Å². The van der Waals surface area contributed by atoms with Gasteiger partial charge in [-0.3, -0.25) is 0 Å². The molecule has 0 saturated heterocycles. The van der Waals surface area contributed by atoms with Crippen LogP contribution in [0.1, 0.15) is 17.1 Å². The summed E-state index contributed by atoms with van der Waals surface area (Å²) in [4.78, 5) is 15.8. The number of oxazole rings is 1. The number of benzene rings is 1. The zero-order valence-electron chi connectivity index (χ0n) is 12.3. The largest absolute Gasteiger partial charge is 0.449 e. The number of nitrogens with zero attached hydrogens (tertiary/aromatic N) is 1. The molecule has 0 unspecified atom stereocenters. The Bertz CT molecular complexity index is 751. The van der Waals surface area contributed by atoms with E-state index in [1.54, 1.807) is 19.1 Å². The average molecular weight is 323 g/mol. The Morgan fingerprint density at radius 1 is 1.23 bits per heavy atom. The van der Waals surface area contributed by atoms with E-state index in [0.717, 1.165) is 5.56 Å². The number of aromatic nitrogens is 1. The molecule has 0 saturated carbocycles. The summed E-state index contributed by atoms with van der Waals surface area (Å²) < 4.78 is 31.0. The number of sulfonamides is 1. The Balaban J connectivity index is 1.86. The summed E-state index contributed by atoms with van der Waals surface area (Å²) in [6, 6.07) is 5.45. The van der Waals surface area contributed by atoms with Gasteiger partial charge in [-0.05, 0) is 19.1 Å². The molecular formula is C14H17N3O4S. The highest BCUT2D eigenvalue weighted by molar-refractivity contribution is 7.90. The minimum Gasteiger partial charge on any atom is -0.449 e. The molecule has 0 aliphatic heterocycles. The van der Waals surface area contributed by atoms with Crippen molar-refractivity contribution in [3.63, 3.8) is 0 Å². The van der Waals surface area contributed by atoms with Crippen LogP contribution >= 0.6 is 0 Å². The van der Waals surface area contributed by atoms with Crippen molar-refractivity contribution in [2.24, 2.45) is 0 Å². The van der Waals surface area contributed by atoms with E-state index in [1.807, 2.05) is 11.6 Å². The predicted molar refractivity (Wildman–Crippen MR) is 79.8 cm³/mol. The van der Waals surface area contributed by atoms with E-state index in [4.69, 9.17) is 4.42 Å². The number of amides is 2. The van der Waals surface area contributed by atoms with E-state index >= 15 is 0 Å². The molecule has 0 bridgehead atoms. The minimum absolute atomic E-state index is 0.0420. The number of hydrogen-bond donors (Lipinski definition) is 2. The van der Waals surface area contributed by atoms with Gasteiger partial charge in [0, 0.05) is 19.9 Å². The van der Waals surface area contributed by atoms with Crippen LogP contribution in [-0.4, -0.2) is 26.0 Å². The van der Waals surface area contributed by atoms with Crippen molar-refractivity contribution in [2.45, 2.75) is 25.2 Å². The van der Waals surface area contributed by atoms with Gasteiger partial charge in [0.15, 0.2) is 5.89 Å². The lowest BCUT2D eigenvalue weighted by Crippen LogP contribution is -2.40. The number of aryl methyl sites for hydroxylation is 2. The molecule has 2 rings (SSSR count). The van der Waals surface area contributed by atoms with Crippen molar-refractivity contribution < 1.29 is 17.6 Å². The van der Waals surface area contributed by atoms with Crippen LogP contribution in [0, 0.1) is 13.8 Å². The van der Waals surface area contributed by atoms with Crippen molar-refractivity contribution in [3.05, 3.63) is 47.7 Å². The van der Waals surface area contributed by atoms with Crippen LogP contribution in [-0.2, 0) is 16.4 Å². The fraction of sp³-hybridized carbons (Fsp3) is 0.286. The number of urea groups is 1. The van der Waals surface area contributed by atoms with Gasteiger partial charge in [-0.1, -0.05) is 17.7 Å². The Kier molecular flexibility index (Phi) is 4.81. The summed E-state index contributed by atoms with van der Waals surface area (Å²) in [7, 11) is -3.86. The third kappa shape index (κ3) is 4.32. The first-order chi connectivity index (χ1) is 10.4. The normalized spacial score (nSPS) is 11.2. The molecule has 118 valence electrons. The zero-order chi connectivity index (χ0) is 16.2. The minimum atomic E-state index is -3.86. The van der Waals surface area contributed by atoms with Gasteiger partial charge in [-0.2, -0.15) is 0 Å². The molecular weight excluding hydrogens is 306 g/mol. The van der Waals surface area contributed by atoms with Gasteiger partial charge in [0.05, 0.1) is 10.6 Å². The van der Waals surface area contributed by atoms with E-state index in [2.05, 4.69) is 10.3 Å². The molecule has 0 aliphatic rings.